The SMILES string of the molecule is N#Cc1cccc2[nH]cc(CCCN)c12. The Morgan fingerprint density at radius 3 is 3.00 bits per heavy atom. The summed E-state index contributed by atoms with van der Waals surface area (Å²) in [4.78, 5) is 3.18. The van der Waals surface area contributed by atoms with E-state index in [0.717, 1.165) is 29.3 Å². The molecule has 3 heteroatoms. The maximum Gasteiger partial charge on any atom is 0.0998 e. The Morgan fingerprint density at radius 1 is 1.40 bits per heavy atom. The summed E-state index contributed by atoms with van der Waals surface area (Å²) >= 11 is 0. The van der Waals surface area contributed by atoms with Crippen molar-refractivity contribution in [3.8, 4) is 6.07 Å². The number of nitrogens with two attached hydrogens (primary N) is 1. The monoisotopic (exact) mass is 199 g/mol. The van der Waals surface area contributed by atoms with Gasteiger partial charge in [0.15, 0.2) is 0 Å². The first-order chi connectivity index (χ1) is 7.36. The molecule has 0 aliphatic heterocycles. The van der Waals surface area contributed by atoms with Gasteiger partial charge in [-0.1, -0.05) is 6.07 Å². The summed E-state index contributed by atoms with van der Waals surface area (Å²) in [6.07, 6.45) is 3.85. The smallest absolute Gasteiger partial charge is 0.0998 e. The number of aromatic amines is 1. The predicted octanol–water partition coefficient (Wildman–Crippen LogP) is 1.93. The molecule has 0 aliphatic rings. The molecule has 0 atom stereocenters. The minimum absolute atomic E-state index is 0.682. The van der Waals surface area contributed by atoms with Crippen molar-refractivity contribution in [3.05, 3.63) is 35.5 Å². The van der Waals surface area contributed by atoms with Crippen molar-refractivity contribution in [1.29, 1.82) is 5.26 Å². The molecule has 2 rings (SSSR count). The Labute approximate surface area is 88.5 Å². The minimum atomic E-state index is 0.682. The van der Waals surface area contributed by atoms with Crippen LogP contribution in [0, 0.1) is 11.3 Å². The van der Waals surface area contributed by atoms with Crippen molar-refractivity contribution >= 4 is 10.9 Å². The van der Waals surface area contributed by atoms with Crippen LogP contribution in [0.2, 0.25) is 0 Å². The zero-order chi connectivity index (χ0) is 10.7. The van der Waals surface area contributed by atoms with Gasteiger partial charge in [-0.05, 0) is 37.1 Å². The van der Waals surface area contributed by atoms with Crippen LogP contribution in [-0.4, -0.2) is 11.5 Å². The average Bonchev–Trinajstić information content (AvgIpc) is 2.69. The quantitative estimate of drug-likeness (QED) is 0.793. The molecule has 1 heterocycles. The topological polar surface area (TPSA) is 65.6 Å². The maximum absolute atomic E-state index is 9.02. The fourth-order valence-electron chi connectivity index (χ4n) is 1.84. The molecule has 0 radical (unpaired) electrons. The molecule has 76 valence electrons. The Hall–Kier alpha value is -1.79. The van der Waals surface area contributed by atoms with Gasteiger partial charge in [-0.2, -0.15) is 5.26 Å². The first kappa shape index (κ1) is 9.75. The average molecular weight is 199 g/mol. The van der Waals surface area contributed by atoms with Crippen LogP contribution in [0.5, 0.6) is 0 Å². The Morgan fingerprint density at radius 2 is 2.27 bits per heavy atom. The number of nitriles is 1. The van der Waals surface area contributed by atoms with Crippen molar-refractivity contribution in [2.45, 2.75) is 12.8 Å². The Bertz CT molecular complexity index is 505. The number of H-pyrrole nitrogens is 1. The molecule has 2 aromatic rings. The van der Waals surface area contributed by atoms with Gasteiger partial charge in [-0.3, -0.25) is 0 Å². The standard InChI is InChI=1S/C12H13N3/c13-6-2-4-10-8-15-11-5-1-3-9(7-14)12(10)11/h1,3,5,8,15H,2,4,6,13H2. The molecule has 0 fully saturated rings. The van der Waals surface area contributed by atoms with E-state index in [9.17, 15) is 0 Å². The van der Waals surface area contributed by atoms with Gasteiger partial charge < -0.3 is 10.7 Å². The number of aryl methyl sites for hydroxylation is 1. The van der Waals surface area contributed by atoms with Crippen LogP contribution in [0.4, 0.5) is 0 Å². The lowest BCUT2D eigenvalue weighted by Crippen LogP contribution is -2.00. The van der Waals surface area contributed by atoms with Gasteiger partial charge in [-0.25, -0.2) is 0 Å². The highest BCUT2D eigenvalue weighted by Gasteiger charge is 2.07. The maximum atomic E-state index is 9.02. The van der Waals surface area contributed by atoms with Crippen molar-refractivity contribution in [2.75, 3.05) is 6.54 Å². The number of rotatable bonds is 3. The highest BCUT2D eigenvalue weighted by atomic mass is 14.7. The van der Waals surface area contributed by atoms with E-state index >= 15 is 0 Å². The van der Waals surface area contributed by atoms with Gasteiger partial charge in [-0.15, -0.1) is 0 Å². The number of fused-ring (bicyclic) bond motifs is 1. The third-order valence-corrected chi connectivity index (χ3v) is 2.56. The van der Waals surface area contributed by atoms with Crippen LogP contribution in [-0.2, 0) is 6.42 Å². The van der Waals surface area contributed by atoms with Gasteiger partial charge in [0.1, 0.15) is 0 Å². The van der Waals surface area contributed by atoms with E-state index in [0.29, 0.717) is 6.54 Å². The van der Waals surface area contributed by atoms with E-state index < -0.39 is 0 Å². The lowest BCUT2D eigenvalue weighted by atomic mass is 10.0. The van der Waals surface area contributed by atoms with E-state index in [-0.39, 0.29) is 0 Å². The molecule has 1 aromatic carbocycles. The van der Waals surface area contributed by atoms with E-state index in [2.05, 4.69) is 11.1 Å². The van der Waals surface area contributed by atoms with Gasteiger partial charge in [0, 0.05) is 17.1 Å². The molecular formula is C12H13N3. The van der Waals surface area contributed by atoms with Gasteiger partial charge in [0.2, 0.25) is 0 Å². The number of hydrogen-bond acceptors (Lipinski definition) is 2. The lowest BCUT2D eigenvalue weighted by molar-refractivity contribution is 0.837. The summed E-state index contributed by atoms with van der Waals surface area (Å²) in [6, 6.07) is 7.95. The van der Waals surface area contributed by atoms with Gasteiger partial charge >= 0.3 is 0 Å². The van der Waals surface area contributed by atoms with E-state index in [1.807, 2.05) is 24.4 Å². The highest BCUT2D eigenvalue weighted by molar-refractivity contribution is 5.88. The summed E-state index contributed by atoms with van der Waals surface area (Å²) < 4.78 is 0. The molecule has 0 aliphatic carbocycles. The molecule has 0 unspecified atom stereocenters. The molecule has 3 nitrogen and oxygen atoms in total. The van der Waals surface area contributed by atoms with E-state index in [4.69, 9.17) is 11.0 Å². The van der Waals surface area contributed by atoms with Crippen LogP contribution in [0.15, 0.2) is 24.4 Å². The minimum Gasteiger partial charge on any atom is -0.361 e. The molecule has 0 bridgehead atoms. The second-order valence-corrected chi connectivity index (χ2v) is 3.55. The highest BCUT2D eigenvalue weighted by Crippen LogP contribution is 2.22. The molecule has 0 spiro atoms. The summed E-state index contributed by atoms with van der Waals surface area (Å²) in [5.74, 6) is 0. The summed E-state index contributed by atoms with van der Waals surface area (Å²) in [5.41, 5.74) is 8.44. The zero-order valence-corrected chi connectivity index (χ0v) is 8.46. The normalized spacial score (nSPS) is 10.4. The fourth-order valence-corrected chi connectivity index (χ4v) is 1.84. The van der Waals surface area contributed by atoms with Crippen molar-refractivity contribution in [2.24, 2.45) is 5.73 Å². The number of hydrogen-bond donors (Lipinski definition) is 2. The third-order valence-electron chi connectivity index (χ3n) is 2.56. The van der Waals surface area contributed by atoms with Crippen LogP contribution >= 0.6 is 0 Å². The lowest BCUT2D eigenvalue weighted by Gasteiger charge is -1.98. The van der Waals surface area contributed by atoms with Crippen molar-refractivity contribution in [1.82, 2.24) is 4.98 Å². The molecule has 0 saturated heterocycles. The fraction of sp³-hybridized carbons (Fsp3) is 0.250. The summed E-state index contributed by atoms with van der Waals surface area (Å²) in [7, 11) is 0. The molecule has 0 saturated carbocycles. The van der Waals surface area contributed by atoms with Crippen molar-refractivity contribution in [3.63, 3.8) is 0 Å². The predicted molar refractivity (Wildman–Crippen MR) is 60.4 cm³/mol. The first-order valence-corrected chi connectivity index (χ1v) is 5.06. The zero-order valence-electron chi connectivity index (χ0n) is 8.46. The number of nitrogens with zero attached hydrogens (tertiary/aromatic N) is 1. The van der Waals surface area contributed by atoms with Crippen molar-refractivity contribution < 1.29 is 0 Å². The first-order valence-electron chi connectivity index (χ1n) is 5.06. The second-order valence-electron chi connectivity index (χ2n) is 3.55. The largest absolute Gasteiger partial charge is 0.361 e. The summed E-state index contributed by atoms with van der Waals surface area (Å²) in [6.45, 7) is 0.682. The Balaban J connectivity index is 2.52. The van der Waals surface area contributed by atoms with E-state index in [1.165, 1.54) is 5.56 Å². The third kappa shape index (κ3) is 1.72. The molecule has 1 aromatic heterocycles. The van der Waals surface area contributed by atoms with E-state index in [1.54, 1.807) is 0 Å². The molecular weight excluding hydrogens is 186 g/mol. The number of aromatic nitrogens is 1. The number of benzene rings is 1. The summed E-state index contributed by atoms with van der Waals surface area (Å²) in [5, 5.41) is 10.1. The second kappa shape index (κ2) is 4.16. The van der Waals surface area contributed by atoms with Crippen LogP contribution < -0.4 is 5.73 Å². The molecule has 0 amide bonds. The van der Waals surface area contributed by atoms with Gasteiger partial charge in [0.25, 0.3) is 0 Å². The van der Waals surface area contributed by atoms with Gasteiger partial charge in [0.05, 0.1) is 11.6 Å². The Kier molecular flexibility index (Phi) is 2.70. The molecule has 3 N–H and O–H groups in total. The van der Waals surface area contributed by atoms with Crippen LogP contribution in [0.25, 0.3) is 10.9 Å². The van der Waals surface area contributed by atoms with Crippen LogP contribution in [0.3, 0.4) is 0 Å². The van der Waals surface area contributed by atoms with Crippen LogP contribution in [0.1, 0.15) is 17.5 Å². The molecule has 15 heavy (non-hydrogen) atoms. The number of nitrogens with one attached hydrogen (secondary N) is 1.